The Morgan fingerprint density at radius 2 is 2.07 bits per heavy atom. The molecule has 1 atom stereocenters. The first-order valence-corrected chi connectivity index (χ1v) is 10.2. The summed E-state index contributed by atoms with van der Waals surface area (Å²) in [6, 6.07) is 12.7. The molecule has 6 nitrogen and oxygen atoms in total. The van der Waals surface area contributed by atoms with Crippen molar-refractivity contribution in [1.29, 1.82) is 0 Å². The fraction of sp³-hybridized carbons (Fsp3) is 0.261. The zero-order valence-corrected chi connectivity index (χ0v) is 16.4. The predicted octanol–water partition coefficient (Wildman–Crippen LogP) is 3.83. The Hall–Kier alpha value is -3.48. The molecule has 5 rings (SSSR count). The molecule has 1 amide bonds. The number of halogens is 1. The van der Waals surface area contributed by atoms with Gasteiger partial charge in [0.25, 0.3) is 5.91 Å². The normalized spacial score (nSPS) is 17.2. The van der Waals surface area contributed by atoms with E-state index in [2.05, 4.69) is 32.0 Å². The van der Waals surface area contributed by atoms with Gasteiger partial charge in [-0.15, -0.1) is 0 Å². The highest BCUT2D eigenvalue weighted by Crippen LogP contribution is 2.32. The Balaban J connectivity index is 1.26. The lowest BCUT2D eigenvalue weighted by atomic mass is 10.1. The highest BCUT2D eigenvalue weighted by molar-refractivity contribution is 5.95. The van der Waals surface area contributed by atoms with Crippen LogP contribution in [0.1, 0.15) is 46.1 Å². The Morgan fingerprint density at radius 3 is 2.87 bits per heavy atom. The molecule has 0 radical (unpaired) electrons. The summed E-state index contributed by atoms with van der Waals surface area (Å²) < 4.78 is 14.2. The van der Waals surface area contributed by atoms with Crippen LogP contribution in [0.3, 0.4) is 0 Å². The first-order chi connectivity index (χ1) is 14.7. The summed E-state index contributed by atoms with van der Waals surface area (Å²) in [6.45, 7) is 0.416. The number of anilines is 2. The summed E-state index contributed by atoms with van der Waals surface area (Å²) in [5, 5.41) is 9.43. The van der Waals surface area contributed by atoms with Crippen LogP contribution in [0.2, 0.25) is 0 Å². The largest absolute Gasteiger partial charge is 0.379 e. The summed E-state index contributed by atoms with van der Waals surface area (Å²) >= 11 is 0. The zero-order valence-electron chi connectivity index (χ0n) is 16.4. The van der Waals surface area contributed by atoms with Crippen LogP contribution in [0.15, 0.2) is 54.9 Å². The Bertz CT molecular complexity index is 1080. The van der Waals surface area contributed by atoms with Crippen LogP contribution in [0, 0.1) is 5.82 Å². The third-order valence-corrected chi connectivity index (χ3v) is 5.43. The number of benzene rings is 1. The summed E-state index contributed by atoms with van der Waals surface area (Å²) in [6.07, 6.45) is 6.40. The van der Waals surface area contributed by atoms with E-state index in [9.17, 15) is 9.18 Å². The van der Waals surface area contributed by atoms with Crippen LogP contribution in [-0.2, 0) is 13.0 Å². The molecule has 1 saturated carbocycles. The standard InChI is InChI=1S/C23H22FN5O/c24-18-7-4-15(23(30)28-17-5-6-17)10-20(18)26-12-14-9-16-11-21(29-22(16)27-13-14)19-3-1-2-8-25-19/h1-4,7-10,13,17,21,26H,5-6,11-12H2,(H,27,29)(H,28,30). The first-order valence-electron chi connectivity index (χ1n) is 10.2. The number of nitrogens with zero attached hydrogens (tertiary/aromatic N) is 2. The Labute approximate surface area is 174 Å². The van der Waals surface area contributed by atoms with Crippen LogP contribution < -0.4 is 16.0 Å². The lowest BCUT2D eigenvalue weighted by Gasteiger charge is -2.11. The molecule has 3 heterocycles. The number of hydrogen-bond donors (Lipinski definition) is 3. The first kappa shape index (κ1) is 18.5. The zero-order chi connectivity index (χ0) is 20.5. The van der Waals surface area contributed by atoms with Gasteiger partial charge in [-0.1, -0.05) is 6.07 Å². The molecular weight excluding hydrogens is 381 g/mol. The second kappa shape index (κ2) is 7.74. The fourth-order valence-corrected chi connectivity index (χ4v) is 3.63. The topological polar surface area (TPSA) is 78.9 Å². The number of aromatic nitrogens is 2. The van der Waals surface area contributed by atoms with Gasteiger partial charge in [0.2, 0.25) is 0 Å². The number of nitrogens with one attached hydrogen (secondary N) is 3. The van der Waals surface area contributed by atoms with Crippen LogP contribution in [0.4, 0.5) is 15.9 Å². The van der Waals surface area contributed by atoms with Gasteiger partial charge in [0, 0.05) is 37.0 Å². The third kappa shape index (κ3) is 3.96. The molecule has 1 unspecified atom stereocenters. The maximum Gasteiger partial charge on any atom is 0.251 e. The minimum atomic E-state index is -0.385. The SMILES string of the molecule is O=C(NC1CC1)c1ccc(F)c(NCc2cnc3c(c2)CC(c2ccccn2)N3)c1. The molecule has 2 aromatic heterocycles. The van der Waals surface area contributed by atoms with E-state index in [1.807, 2.05) is 18.2 Å². The molecule has 3 N–H and O–H groups in total. The molecule has 1 aliphatic carbocycles. The highest BCUT2D eigenvalue weighted by atomic mass is 19.1. The molecule has 7 heteroatoms. The van der Waals surface area contributed by atoms with Gasteiger partial charge in [-0.2, -0.15) is 0 Å². The van der Waals surface area contributed by atoms with E-state index >= 15 is 0 Å². The van der Waals surface area contributed by atoms with E-state index in [0.29, 0.717) is 17.8 Å². The third-order valence-electron chi connectivity index (χ3n) is 5.43. The van der Waals surface area contributed by atoms with Crippen molar-refractivity contribution in [2.45, 2.75) is 37.9 Å². The average molecular weight is 403 g/mol. The molecule has 30 heavy (non-hydrogen) atoms. The summed E-state index contributed by atoms with van der Waals surface area (Å²) in [5.74, 6) is 0.315. The van der Waals surface area contributed by atoms with Crippen LogP contribution >= 0.6 is 0 Å². The molecule has 0 spiro atoms. The maximum absolute atomic E-state index is 14.2. The van der Waals surface area contributed by atoms with Crippen molar-refractivity contribution in [2.24, 2.45) is 0 Å². The van der Waals surface area contributed by atoms with Crippen molar-refractivity contribution < 1.29 is 9.18 Å². The summed E-state index contributed by atoms with van der Waals surface area (Å²) in [4.78, 5) is 21.2. The van der Waals surface area contributed by atoms with Crippen LogP contribution in [0.25, 0.3) is 0 Å². The summed E-state index contributed by atoms with van der Waals surface area (Å²) in [5.41, 5.74) is 3.81. The van der Waals surface area contributed by atoms with Gasteiger partial charge in [-0.25, -0.2) is 9.37 Å². The van der Waals surface area contributed by atoms with Crippen molar-refractivity contribution in [3.63, 3.8) is 0 Å². The van der Waals surface area contributed by atoms with Crippen LogP contribution in [-0.4, -0.2) is 21.9 Å². The summed E-state index contributed by atoms with van der Waals surface area (Å²) in [7, 11) is 0. The van der Waals surface area contributed by atoms with Gasteiger partial charge in [0.1, 0.15) is 11.6 Å². The number of carbonyl (C=O) groups is 1. The van der Waals surface area contributed by atoms with Crippen LogP contribution in [0.5, 0.6) is 0 Å². The van der Waals surface area contributed by atoms with Gasteiger partial charge >= 0.3 is 0 Å². The molecular formula is C23H22FN5O. The molecule has 2 aliphatic rings. The highest BCUT2D eigenvalue weighted by Gasteiger charge is 2.25. The van der Waals surface area contributed by atoms with E-state index in [0.717, 1.165) is 41.9 Å². The maximum atomic E-state index is 14.2. The van der Waals surface area contributed by atoms with Crippen molar-refractivity contribution in [3.05, 3.63) is 83.1 Å². The van der Waals surface area contributed by atoms with E-state index in [1.54, 1.807) is 18.5 Å². The molecule has 1 aromatic carbocycles. The molecule has 152 valence electrons. The number of amides is 1. The fourth-order valence-electron chi connectivity index (χ4n) is 3.63. The quantitative estimate of drug-likeness (QED) is 0.583. The van der Waals surface area contributed by atoms with Crippen molar-refractivity contribution in [1.82, 2.24) is 15.3 Å². The molecule has 0 saturated heterocycles. The van der Waals surface area contributed by atoms with E-state index < -0.39 is 0 Å². The number of hydrogen-bond acceptors (Lipinski definition) is 5. The second-order valence-electron chi connectivity index (χ2n) is 7.80. The Morgan fingerprint density at radius 1 is 1.17 bits per heavy atom. The minimum Gasteiger partial charge on any atom is -0.379 e. The predicted molar refractivity (Wildman–Crippen MR) is 113 cm³/mol. The molecule has 1 aliphatic heterocycles. The van der Waals surface area contributed by atoms with Gasteiger partial charge < -0.3 is 16.0 Å². The van der Waals surface area contributed by atoms with E-state index in [4.69, 9.17) is 0 Å². The Kier molecular flexibility index (Phi) is 4.78. The molecule has 3 aromatic rings. The van der Waals surface area contributed by atoms with Crippen molar-refractivity contribution >= 4 is 17.4 Å². The monoisotopic (exact) mass is 403 g/mol. The second-order valence-corrected chi connectivity index (χ2v) is 7.80. The van der Waals surface area contributed by atoms with E-state index in [-0.39, 0.29) is 23.8 Å². The lowest BCUT2D eigenvalue weighted by Crippen LogP contribution is -2.25. The number of carbonyl (C=O) groups excluding carboxylic acids is 1. The molecule has 1 fully saturated rings. The number of pyridine rings is 2. The van der Waals surface area contributed by atoms with Gasteiger partial charge in [0.05, 0.1) is 17.4 Å². The van der Waals surface area contributed by atoms with Crippen molar-refractivity contribution in [3.8, 4) is 0 Å². The smallest absolute Gasteiger partial charge is 0.251 e. The van der Waals surface area contributed by atoms with Gasteiger partial charge in [-0.3, -0.25) is 9.78 Å². The average Bonchev–Trinajstić information content (AvgIpc) is 3.48. The molecule has 0 bridgehead atoms. The van der Waals surface area contributed by atoms with Crippen molar-refractivity contribution in [2.75, 3.05) is 10.6 Å². The minimum absolute atomic E-state index is 0.107. The van der Waals surface area contributed by atoms with Gasteiger partial charge in [-0.05, 0) is 60.4 Å². The lowest BCUT2D eigenvalue weighted by molar-refractivity contribution is 0.0951. The van der Waals surface area contributed by atoms with E-state index in [1.165, 1.54) is 12.1 Å². The van der Waals surface area contributed by atoms with Gasteiger partial charge in [0.15, 0.2) is 0 Å². The number of rotatable bonds is 6. The number of fused-ring (bicyclic) bond motifs is 1.